The quantitative estimate of drug-likeness (QED) is 0.760. The lowest BCUT2D eigenvalue weighted by Gasteiger charge is -2.34. The first-order chi connectivity index (χ1) is 9.25. The van der Waals surface area contributed by atoms with Crippen LogP contribution in [0.15, 0.2) is 0 Å². The molecule has 0 radical (unpaired) electrons. The zero-order valence-corrected chi connectivity index (χ0v) is 11.8. The van der Waals surface area contributed by atoms with E-state index in [1.54, 1.807) is 0 Å². The van der Waals surface area contributed by atoms with Gasteiger partial charge in [-0.3, -0.25) is 9.69 Å². The van der Waals surface area contributed by atoms with Crippen molar-refractivity contribution < 1.29 is 9.53 Å². The maximum atomic E-state index is 12.4. The monoisotopic (exact) mass is 267 g/mol. The summed E-state index contributed by atoms with van der Waals surface area (Å²) in [5.41, 5.74) is 0. The van der Waals surface area contributed by atoms with Crippen LogP contribution < -0.4 is 5.32 Å². The zero-order valence-electron chi connectivity index (χ0n) is 11.8. The van der Waals surface area contributed by atoms with Gasteiger partial charge in [-0.25, -0.2) is 0 Å². The Morgan fingerprint density at radius 3 is 2.74 bits per heavy atom. The number of hydrogen-bond acceptors (Lipinski definition) is 4. The molecule has 1 amide bonds. The average molecular weight is 267 g/mol. The molecule has 3 fully saturated rings. The van der Waals surface area contributed by atoms with Crippen molar-refractivity contribution in [3.05, 3.63) is 0 Å². The normalized spacial score (nSPS) is 36.9. The fourth-order valence-corrected chi connectivity index (χ4v) is 3.63. The zero-order chi connectivity index (χ0) is 13.2. The summed E-state index contributed by atoms with van der Waals surface area (Å²) < 4.78 is 5.42. The molecule has 3 rings (SSSR count). The minimum absolute atomic E-state index is 0.0793. The van der Waals surface area contributed by atoms with E-state index >= 15 is 0 Å². The molecule has 1 N–H and O–H groups in total. The first kappa shape index (κ1) is 13.3. The molecular formula is C14H25N3O2. The second-order valence-corrected chi connectivity index (χ2v) is 6.09. The number of amides is 1. The maximum absolute atomic E-state index is 12.4. The third kappa shape index (κ3) is 2.78. The predicted molar refractivity (Wildman–Crippen MR) is 72.9 cm³/mol. The van der Waals surface area contributed by atoms with Gasteiger partial charge >= 0.3 is 0 Å². The van der Waals surface area contributed by atoms with Crippen LogP contribution in [-0.4, -0.2) is 73.7 Å². The number of morpholine rings is 1. The Balaban J connectivity index is 1.59. The molecule has 3 atom stereocenters. The van der Waals surface area contributed by atoms with Crippen LogP contribution in [0.5, 0.6) is 0 Å². The molecule has 3 aliphatic heterocycles. The number of nitrogens with zero attached hydrogens (tertiary/aromatic N) is 2. The topological polar surface area (TPSA) is 44.8 Å². The first-order valence-corrected chi connectivity index (χ1v) is 7.59. The van der Waals surface area contributed by atoms with Gasteiger partial charge in [0.05, 0.1) is 19.3 Å². The largest absolute Gasteiger partial charge is 0.379 e. The van der Waals surface area contributed by atoms with Crippen molar-refractivity contribution in [2.24, 2.45) is 5.92 Å². The molecule has 3 heterocycles. The number of carbonyl (C=O) groups is 1. The molecule has 19 heavy (non-hydrogen) atoms. The summed E-state index contributed by atoms with van der Waals surface area (Å²) in [4.78, 5) is 17.0. The highest BCUT2D eigenvalue weighted by Gasteiger charge is 2.38. The molecule has 0 aromatic heterocycles. The van der Waals surface area contributed by atoms with E-state index in [4.69, 9.17) is 4.74 Å². The van der Waals surface area contributed by atoms with E-state index in [1.807, 2.05) is 0 Å². The van der Waals surface area contributed by atoms with Gasteiger partial charge in [0.15, 0.2) is 0 Å². The molecule has 2 unspecified atom stereocenters. The molecule has 5 heteroatoms. The SMILES string of the molecule is CC1CN(C(=O)[C@@H]2CCCN2)CC1N1CCOCC1. The summed E-state index contributed by atoms with van der Waals surface area (Å²) in [5.74, 6) is 0.892. The van der Waals surface area contributed by atoms with E-state index in [9.17, 15) is 4.79 Å². The highest BCUT2D eigenvalue weighted by atomic mass is 16.5. The highest BCUT2D eigenvalue weighted by molar-refractivity contribution is 5.82. The fourth-order valence-electron chi connectivity index (χ4n) is 3.63. The minimum Gasteiger partial charge on any atom is -0.379 e. The van der Waals surface area contributed by atoms with E-state index in [-0.39, 0.29) is 6.04 Å². The van der Waals surface area contributed by atoms with Crippen molar-refractivity contribution in [1.82, 2.24) is 15.1 Å². The number of carbonyl (C=O) groups excluding carboxylic acids is 1. The first-order valence-electron chi connectivity index (χ1n) is 7.59. The van der Waals surface area contributed by atoms with Gasteiger partial charge in [-0.2, -0.15) is 0 Å². The van der Waals surface area contributed by atoms with E-state index in [2.05, 4.69) is 22.0 Å². The number of hydrogen-bond donors (Lipinski definition) is 1. The van der Waals surface area contributed by atoms with Crippen LogP contribution in [0.25, 0.3) is 0 Å². The predicted octanol–water partition coefficient (Wildman–Crippen LogP) is -0.0825. The minimum atomic E-state index is 0.0793. The van der Waals surface area contributed by atoms with Gasteiger partial charge in [-0.15, -0.1) is 0 Å². The Labute approximate surface area is 115 Å². The van der Waals surface area contributed by atoms with Crippen LogP contribution in [0, 0.1) is 5.92 Å². The lowest BCUT2D eigenvalue weighted by molar-refractivity contribution is -0.132. The van der Waals surface area contributed by atoms with E-state index in [1.165, 1.54) is 0 Å². The third-order valence-electron chi connectivity index (χ3n) is 4.76. The average Bonchev–Trinajstić information content (AvgIpc) is 3.08. The highest BCUT2D eigenvalue weighted by Crippen LogP contribution is 2.24. The van der Waals surface area contributed by atoms with Crippen LogP contribution in [-0.2, 0) is 9.53 Å². The van der Waals surface area contributed by atoms with Gasteiger partial charge in [-0.05, 0) is 25.3 Å². The molecule has 3 saturated heterocycles. The van der Waals surface area contributed by atoms with Crippen LogP contribution >= 0.6 is 0 Å². The van der Waals surface area contributed by atoms with Crippen LogP contribution in [0.4, 0.5) is 0 Å². The van der Waals surface area contributed by atoms with E-state index in [0.717, 1.165) is 58.8 Å². The van der Waals surface area contributed by atoms with Gasteiger partial charge < -0.3 is 15.0 Å². The standard InChI is InChI=1S/C14H25N3O2/c1-11-9-17(14(18)12-3-2-4-15-12)10-13(11)16-5-7-19-8-6-16/h11-13,15H,2-10H2,1H3/t11?,12-,13?/m0/s1. The van der Waals surface area contributed by atoms with Gasteiger partial charge in [0.25, 0.3) is 0 Å². The second-order valence-electron chi connectivity index (χ2n) is 6.09. The van der Waals surface area contributed by atoms with Crippen molar-refractivity contribution in [2.75, 3.05) is 45.9 Å². The van der Waals surface area contributed by atoms with Crippen molar-refractivity contribution >= 4 is 5.91 Å². The number of nitrogens with one attached hydrogen (secondary N) is 1. The smallest absolute Gasteiger partial charge is 0.239 e. The molecule has 0 aromatic rings. The van der Waals surface area contributed by atoms with Crippen molar-refractivity contribution in [1.29, 1.82) is 0 Å². The van der Waals surface area contributed by atoms with E-state index in [0.29, 0.717) is 17.9 Å². The molecule has 0 bridgehead atoms. The molecule has 3 aliphatic rings. The van der Waals surface area contributed by atoms with Gasteiger partial charge in [-0.1, -0.05) is 6.92 Å². The lowest BCUT2D eigenvalue weighted by Crippen LogP contribution is -2.48. The summed E-state index contributed by atoms with van der Waals surface area (Å²) in [7, 11) is 0. The summed E-state index contributed by atoms with van der Waals surface area (Å²) >= 11 is 0. The Morgan fingerprint density at radius 1 is 1.26 bits per heavy atom. The molecule has 0 aromatic carbocycles. The fraction of sp³-hybridized carbons (Fsp3) is 0.929. The van der Waals surface area contributed by atoms with Crippen LogP contribution in [0.2, 0.25) is 0 Å². The number of likely N-dealkylation sites (tertiary alicyclic amines) is 1. The van der Waals surface area contributed by atoms with Crippen molar-refractivity contribution in [3.63, 3.8) is 0 Å². The number of rotatable bonds is 2. The van der Waals surface area contributed by atoms with Gasteiger partial charge in [0, 0.05) is 32.2 Å². The Kier molecular flexibility index (Phi) is 4.05. The van der Waals surface area contributed by atoms with E-state index < -0.39 is 0 Å². The molecule has 0 saturated carbocycles. The molecule has 0 aliphatic carbocycles. The van der Waals surface area contributed by atoms with Crippen LogP contribution in [0.1, 0.15) is 19.8 Å². The Morgan fingerprint density at radius 2 is 2.05 bits per heavy atom. The summed E-state index contributed by atoms with van der Waals surface area (Å²) in [5, 5.41) is 3.32. The van der Waals surface area contributed by atoms with Gasteiger partial charge in [0.2, 0.25) is 5.91 Å². The van der Waals surface area contributed by atoms with Crippen molar-refractivity contribution in [2.45, 2.75) is 31.8 Å². The Hall–Kier alpha value is -0.650. The molecule has 108 valence electrons. The Bertz CT molecular complexity index is 325. The van der Waals surface area contributed by atoms with Gasteiger partial charge in [0.1, 0.15) is 0 Å². The molecule has 5 nitrogen and oxygen atoms in total. The second kappa shape index (κ2) is 5.77. The summed E-state index contributed by atoms with van der Waals surface area (Å²) in [6, 6.07) is 0.602. The molecule has 0 spiro atoms. The van der Waals surface area contributed by atoms with Crippen LogP contribution in [0.3, 0.4) is 0 Å². The lowest BCUT2D eigenvalue weighted by atomic mass is 10.0. The maximum Gasteiger partial charge on any atom is 0.239 e. The number of ether oxygens (including phenoxy) is 1. The molecular weight excluding hydrogens is 242 g/mol. The van der Waals surface area contributed by atoms with Crippen molar-refractivity contribution in [3.8, 4) is 0 Å². The third-order valence-corrected chi connectivity index (χ3v) is 4.76. The summed E-state index contributed by atoms with van der Waals surface area (Å²) in [6.45, 7) is 8.78. The summed E-state index contributed by atoms with van der Waals surface area (Å²) in [6.07, 6.45) is 2.14.